The zero-order valence-electron chi connectivity index (χ0n) is 14.8. The normalized spacial score (nSPS) is 17.5. The minimum atomic E-state index is -4.46. The smallest absolute Gasteiger partial charge is 0.376 e. The first kappa shape index (κ1) is 18.9. The molecule has 1 aliphatic heterocycles. The SMILES string of the molecule is C[C@H]1Nc2nc(nc3cnc(Cl)cc23)CCOCc2c1cccc2C(F)(F)F. The third-order valence-corrected chi connectivity index (χ3v) is 4.86. The molecule has 0 amide bonds. The molecule has 4 rings (SSSR count). The van der Waals surface area contributed by atoms with Gasteiger partial charge in [0, 0.05) is 11.8 Å². The number of rotatable bonds is 0. The van der Waals surface area contributed by atoms with Crippen LogP contribution in [0.25, 0.3) is 10.9 Å². The Morgan fingerprint density at radius 3 is 2.86 bits per heavy atom. The number of hydrogen-bond donors (Lipinski definition) is 1. The van der Waals surface area contributed by atoms with Crippen LogP contribution < -0.4 is 5.32 Å². The van der Waals surface area contributed by atoms with Crippen molar-refractivity contribution in [1.29, 1.82) is 0 Å². The number of ether oxygens (including phenoxy) is 1. The van der Waals surface area contributed by atoms with Crippen molar-refractivity contribution < 1.29 is 17.9 Å². The Hall–Kier alpha value is -2.45. The standard InChI is InChI=1S/C19H16ClF3N4O/c1-10-11-3-2-4-14(19(21,22)23)13(11)9-28-6-5-17-26-15-8-24-16(20)7-12(15)18(25-10)27-17/h2-4,7-8,10H,5-6,9H2,1H3,(H,25,26,27)/t10-/m1/s1. The Morgan fingerprint density at radius 1 is 1.25 bits per heavy atom. The van der Waals surface area contributed by atoms with Crippen LogP contribution in [0.5, 0.6) is 0 Å². The van der Waals surface area contributed by atoms with Gasteiger partial charge in [-0.1, -0.05) is 23.7 Å². The van der Waals surface area contributed by atoms with E-state index in [-0.39, 0.29) is 23.9 Å². The molecule has 28 heavy (non-hydrogen) atoms. The van der Waals surface area contributed by atoms with E-state index in [2.05, 4.69) is 20.3 Å². The molecule has 1 aliphatic rings. The molecular formula is C19H16ClF3N4O. The maximum atomic E-state index is 13.5. The lowest BCUT2D eigenvalue weighted by Crippen LogP contribution is -2.16. The summed E-state index contributed by atoms with van der Waals surface area (Å²) in [5, 5.41) is 4.16. The molecule has 0 radical (unpaired) electrons. The van der Waals surface area contributed by atoms with E-state index in [1.807, 2.05) is 0 Å². The number of nitrogens with one attached hydrogen (secondary N) is 1. The largest absolute Gasteiger partial charge is 0.416 e. The maximum absolute atomic E-state index is 13.5. The van der Waals surface area contributed by atoms with E-state index in [1.54, 1.807) is 25.3 Å². The molecule has 0 unspecified atom stereocenters. The molecule has 1 aromatic carbocycles. The van der Waals surface area contributed by atoms with Crippen molar-refractivity contribution in [3.8, 4) is 0 Å². The fraction of sp³-hybridized carbons (Fsp3) is 0.316. The van der Waals surface area contributed by atoms with Crippen LogP contribution in [0.1, 0.15) is 35.5 Å². The molecule has 9 heteroatoms. The highest BCUT2D eigenvalue weighted by atomic mass is 35.5. The Morgan fingerprint density at radius 2 is 2.07 bits per heavy atom. The summed E-state index contributed by atoms with van der Waals surface area (Å²) in [6, 6.07) is 5.34. The summed E-state index contributed by atoms with van der Waals surface area (Å²) in [5.41, 5.74) is 0.549. The second kappa shape index (κ2) is 7.18. The first-order valence-corrected chi connectivity index (χ1v) is 9.06. The number of benzene rings is 1. The number of pyridine rings is 1. The Bertz CT molecular complexity index is 1040. The molecule has 0 aliphatic carbocycles. The summed E-state index contributed by atoms with van der Waals surface area (Å²) >= 11 is 6.01. The molecule has 5 nitrogen and oxygen atoms in total. The topological polar surface area (TPSA) is 59.9 Å². The van der Waals surface area contributed by atoms with Crippen molar-refractivity contribution in [3.63, 3.8) is 0 Å². The zero-order chi connectivity index (χ0) is 19.9. The molecule has 0 fully saturated rings. The quantitative estimate of drug-likeness (QED) is 0.534. The summed E-state index contributed by atoms with van der Waals surface area (Å²) in [7, 11) is 0. The Kier molecular flexibility index (Phi) is 4.84. The Labute approximate surface area is 163 Å². The predicted octanol–water partition coefficient (Wildman–Crippen LogP) is 4.94. The van der Waals surface area contributed by atoms with Gasteiger partial charge in [0.15, 0.2) is 0 Å². The third-order valence-electron chi connectivity index (χ3n) is 4.65. The molecule has 2 aromatic heterocycles. The summed E-state index contributed by atoms with van der Waals surface area (Å²) in [6.45, 7) is 1.85. The number of halogens is 4. The summed E-state index contributed by atoms with van der Waals surface area (Å²) in [5.74, 6) is 1.02. The van der Waals surface area contributed by atoms with Crippen LogP contribution in [0.3, 0.4) is 0 Å². The Balaban J connectivity index is 1.86. The summed E-state index contributed by atoms with van der Waals surface area (Å²) < 4.78 is 46.1. The molecule has 0 saturated carbocycles. The van der Waals surface area contributed by atoms with Crippen LogP contribution in [-0.4, -0.2) is 21.6 Å². The monoisotopic (exact) mass is 408 g/mol. The number of alkyl halides is 3. The zero-order valence-corrected chi connectivity index (χ0v) is 15.6. The molecule has 3 heterocycles. The van der Waals surface area contributed by atoms with Crippen molar-refractivity contribution in [2.75, 3.05) is 11.9 Å². The first-order valence-electron chi connectivity index (χ1n) is 8.68. The van der Waals surface area contributed by atoms with E-state index >= 15 is 0 Å². The molecule has 2 bridgehead atoms. The summed E-state index contributed by atoms with van der Waals surface area (Å²) in [6.07, 6.45) is -2.54. The second-order valence-electron chi connectivity index (χ2n) is 6.55. The van der Waals surface area contributed by atoms with E-state index in [9.17, 15) is 13.2 Å². The third kappa shape index (κ3) is 3.62. The molecule has 1 atom stereocenters. The minimum absolute atomic E-state index is 0.127. The average molecular weight is 409 g/mol. The van der Waals surface area contributed by atoms with Gasteiger partial charge in [-0.2, -0.15) is 13.2 Å². The fourth-order valence-electron chi connectivity index (χ4n) is 3.33. The van der Waals surface area contributed by atoms with E-state index < -0.39 is 17.8 Å². The van der Waals surface area contributed by atoms with E-state index in [0.717, 1.165) is 6.07 Å². The predicted molar refractivity (Wildman–Crippen MR) is 99.2 cm³/mol. The first-order chi connectivity index (χ1) is 13.3. The van der Waals surface area contributed by atoms with Gasteiger partial charge in [-0.25, -0.2) is 15.0 Å². The molecule has 0 saturated heterocycles. The van der Waals surface area contributed by atoms with Crippen molar-refractivity contribution in [3.05, 3.63) is 58.1 Å². The average Bonchev–Trinajstić information content (AvgIpc) is 2.66. The molecule has 146 valence electrons. The van der Waals surface area contributed by atoms with Crippen LogP contribution in [0.4, 0.5) is 19.0 Å². The molecular weight excluding hydrogens is 393 g/mol. The minimum Gasteiger partial charge on any atom is -0.376 e. The van der Waals surface area contributed by atoms with E-state index in [0.29, 0.717) is 34.5 Å². The highest BCUT2D eigenvalue weighted by molar-refractivity contribution is 6.30. The number of aromatic nitrogens is 3. The van der Waals surface area contributed by atoms with Gasteiger partial charge in [0.05, 0.1) is 36.5 Å². The number of hydrogen-bond acceptors (Lipinski definition) is 5. The van der Waals surface area contributed by atoms with Crippen LogP contribution in [0, 0.1) is 0 Å². The molecule has 3 aromatic rings. The van der Waals surface area contributed by atoms with Gasteiger partial charge >= 0.3 is 6.18 Å². The van der Waals surface area contributed by atoms with Crippen molar-refractivity contribution >= 4 is 28.3 Å². The van der Waals surface area contributed by atoms with Crippen LogP contribution in [-0.2, 0) is 23.9 Å². The molecule has 1 N–H and O–H groups in total. The van der Waals surface area contributed by atoms with Crippen LogP contribution in [0.2, 0.25) is 5.15 Å². The van der Waals surface area contributed by atoms with Crippen LogP contribution in [0.15, 0.2) is 30.5 Å². The lowest BCUT2D eigenvalue weighted by molar-refractivity contribution is -0.139. The lowest BCUT2D eigenvalue weighted by Gasteiger charge is -2.22. The number of fused-ring (bicyclic) bond motifs is 5. The van der Waals surface area contributed by atoms with E-state index in [4.69, 9.17) is 16.3 Å². The van der Waals surface area contributed by atoms with Gasteiger partial charge in [0.25, 0.3) is 0 Å². The number of nitrogens with zero attached hydrogens (tertiary/aromatic N) is 3. The van der Waals surface area contributed by atoms with Gasteiger partial charge in [-0.15, -0.1) is 0 Å². The maximum Gasteiger partial charge on any atom is 0.416 e. The summed E-state index contributed by atoms with van der Waals surface area (Å²) in [4.78, 5) is 13.0. The van der Waals surface area contributed by atoms with Crippen molar-refractivity contribution in [1.82, 2.24) is 15.0 Å². The van der Waals surface area contributed by atoms with Gasteiger partial charge in [0.2, 0.25) is 0 Å². The van der Waals surface area contributed by atoms with Crippen molar-refractivity contribution in [2.45, 2.75) is 32.2 Å². The fourth-order valence-corrected chi connectivity index (χ4v) is 3.49. The number of anilines is 1. The second-order valence-corrected chi connectivity index (χ2v) is 6.94. The van der Waals surface area contributed by atoms with Gasteiger partial charge in [0.1, 0.15) is 16.8 Å². The van der Waals surface area contributed by atoms with Crippen LogP contribution >= 0.6 is 11.6 Å². The van der Waals surface area contributed by atoms with Gasteiger partial charge in [-0.05, 0) is 30.2 Å². The highest BCUT2D eigenvalue weighted by Gasteiger charge is 2.35. The van der Waals surface area contributed by atoms with Crippen molar-refractivity contribution in [2.24, 2.45) is 0 Å². The van der Waals surface area contributed by atoms with Gasteiger partial charge < -0.3 is 10.1 Å². The molecule has 0 spiro atoms. The van der Waals surface area contributed by atoms with E-state index in [1.165, 1.54) is 6.07 Å². The lowest BCUT2D eigenvalue weighted by atomic mass is 9.96. The van der Waals surface area contributed by atoms with Gasteiger partial charge in [-0.3, -0.25) is 0 Å². The highest BCUT2D eigenvalue weighted by Crippen LogP contribution is 2.37.